The fourth-order valence-corrected chi connectivity index (χ4v) is 2.27. The molecule has 0 radical (unpaired) electrons. The third kappa shape index (κ3) is 1.70. The number of nitrogens with zero attached hydrogens (tertiary/aromatic N) is 1. The Bertz CT molecular complexity index is 657. The van der Waals surface area contributed by atoms with E-state index in [1.54, 1.807) is 0 Å². The molecule has 3 aromatic rings. The summed E-state index contributed by atoms with van der Waals surface area (Å²) in [7, 11) is 0. The van der Waals surface area contributed by atoms with Gasteiger partial charge in [0.2, 0.25) is 0 Å². The first-order chi connectivity index (χ1) is 8.36. The molecule has 17 heavy (non-hydrogen) atoms. The first-order valence-corrected chi connectivity index (χ1v) is 5.75. The van der Waals surface area contributed by atoms with Crippen molar-refractivity contribution < 1.29 is 0 Å². The molecule has 1 heteroatoms. The van der Waals surface area contributed by atoms with Crippen LogP contribution in [-0.2, 0) is 0 Å². The zero-order chi connectivity index (χ0) is 11.7. The van der Waals surface area contributed by atoms with Crippen LogP contribution in [0.3, 0.4) is 0 Å². The molecule has 1 heterocycles. The lowest BCUT2D eigenvalue weighted by Crippen LogP contribution is -1.86. The molecule has 0 amide bonds. The number of benzene rings is 2. The smallest absolute Gasteiger partial charge is 0.0346 e. The Morgan fingerprint density at radius 3 is 2.59 bits per heavy atom. The molecule has 0 aliphatic rings. The second-order valence-corrected chi connectivity index (χ2v) is 4.22. The highest BCUT2D eigenvalue weighted by atomic mass is 14.6. The van der Waals surface area contributed by atoms with Gasteiger partial charge in [-0.25, -0.2) is 0 Å². The van der Waals surface area contributed by atoms with Crippen molar-refractivity contribution in [1.29, 1.82) is 0 Å². The lowest BCUT2D eigenvalue weighted by molar-refractivity contribution is 1.32. The van der Waals surface area contributed by atoms with Crippen LogP contribution in [0, 0.1) is 6.92 Å². The van der Waals surface area contributed by atoms with E-state index in [0.29, 0.717) is 0 Å². The number of fused-ring (bicyclic) bond motifs is 1. The Morgan fingerprint density at radius 1 is 0.882 bits per heavy atom. The number of aromatic nitrogens is 1. The van der Waals surface area contributed by atoms with Gasteiger partial charge in [0.15, 0.2) is 0 Å². The Balaban J connectivity index is 2.39. The molecule has 1 nitrogen and oxygen atoms in total. The first kappa shape index (κ1) is 10.0. The minimum atomic E-state index is 1.18. The van der Waals surface area contributed by atoms with Crippen molar-refractivity contribution in [3.05, 3.63) is 66.5 Å². The maximum Gasteiger partial charge on any atom is 0.0346 e. The minimum absolute atomic E-state index is 1.18. The predicted octanol–water partition coefficient (Wildman–Crippen LogP) is 4.21. The van der Waals surface area contributed by atoms with E-state index in [0.717, 1.165) is 0 Å². The van der Waals surface area contributed by atoms with Crippen LogP contribution >= 0.6 is 0 Å². The SMILES string of the molecule is Cc1ccc2ccccc2c1-c1cccnc1. The van der Waals surface area contributed by atoms with Crippen LogP contribution in [0.15, 0.2) is 60.9 Å². The predicted molar refractivity (Wildman–Crippen MR) is 71.9 cm³/mol. The van der Waals surface area contributed by atoms with Gasteiger partial charge < -0.3 is 0 Å². The Hall–Kier alpha value is -2.15. The van der Waals surface area contributed by atoms with Crippen molar-refractivity contribution in [2.24, 2.45) is 0 Å². The lowest BCUT2D eigenvalue weighted by Gasteiger charge is -2.10. The molecule has 0 aliphatic carbocycles. The average molecular weight is 219 g/mol. The third-order valence-corrected chi connectivity index (χ3v) is 3.09. The van der Waals surface area contributed by atoms with Gasteiger partial charge in [0.05, 0.1) is 0 Å². The van der Waals surface area contributed by atoms with E-state index < -0.39 is 0 Å². The summed E-state index contributed by atoms with van der Waals surface area (Å²) in [5.41, 5.74) is 3.76. The van der Waals surface area contributed by atoms with Crippen LogP contribution in [0.4, 0.5) is 0 Å². The highest BCUT2D eigenvalue weighted by Gasteiger charge is 2.06. The van der Waals surface area contributed by atoms with Crippen LogP contribution in [-0.4, -0.2) is 4.98 Å². The van der Waals surface area contributed by atoms with Gasteiger partial charge in [-0.1, -0.05) is 42.5 Å². The van der Waals surface area contributed by atoms with Gasteiger partial charge in [-0.2, -0.15) is 0 Å². The van der Waals surface area contributed by atoms with Crippen molar-refractivity contribution in [3.8, 4) is 11.1 Å². The van der Waals surface area contributed by atoms with Gasteiger partial charge in [-0.15, -0.1) is 0 Å². The van der Waals surface area contributed by atoms with Gasteiger partial charge in [0, 0.05) is 18.0 Å². The maximum atomic E-state index is 4.21. The maximum absolute atomic E-state index is 4.21. The summed E-state index contributed by atoms with van der Waals surface area (Å²) in [6.45, 7) is 2.15. The Kier molecular flexibility index (Phi) is 2.37. The highest BCUT2D eigenvalue weighted by molar-refractivity contribution is 5.98. The normalized spacial score (nSPS) is 10.6. The fourth-order valence-electron chi connectivity index (χ4n) is 2.27. The first-order valence-electron chi connectivity index (χ1n) is 5.75. The van der Waals surface area contributed by atoms with Crippen molar-refractivity contribution in [3.63, 3.8) is 0 Å². The standard InChI is InChI=1S/C16H13N/c1-12-8-9-13-5-2-3-7-15(13)16(12)14-6-4-10-17-11-14/h2-11H,1H3. The topological polar surface area (TPSA) is 12.9 Å². The summed E-state index contributed by atoms with van der Waals surface area (Å²) in [6.07, 6.45) is 3.73. The van der Waals surface area contributed by atoms with Gasteiger partial charge in [-0.3, -0.25) is 4.98 Å². The molecule has 82 valence electrons. The molecule has 2 aromatic carbocycles. The molecule has 0 atom stereocenters. The lowest BCUT2D eigenvalue weighted by atomic mass is 9.95. The van der Waals surface area contributed by atoms with E-state index in [9.17, 15) is 0 Å². The van der Waals surface area contributed by atoms with Crippen molar-refractivity contribution >= 4 is 10.8 Å². The van der Waals surface area contributed by atoms with Crippen molar-refractivity contribution in [1.82, 2.24) is 4.98 Å². The molecule has 0 unspecified atom stereocenters. The molecular weight excluding hydrogens is 206 g/mol. The van der Waals surface area contributed by atoms with E-state index in [4.69, 9.17) is 0 Å². The van der Waals surface area contributed by atoms with Crippen LogP contribution in [0.1, 0.15) is 5.56 Å². The molecule has 3 rings (SSSR count). The largest absolute Gasteiger partial charge is 0.264 e. The summed E-state index contributed by atoms with van der Waals surface area (Å²) in [6, 6.07) is 16.9. The fraction of sp³-hybridized carbons (Fsp3) is 0.0625. The van der Waals surface area contributed by atoms with Gasteiger partial charge in [0.1, 0.15) is 0 Å². The third-order valence-electron chi connectivity index (χ3n) is 3.09. The number of aryl methyl sites for hydroxylation is 1. The average Bonchev–Trinajstić information content (AvgIpc) is 2.39. The Morgan fingerprint density at radius 2 is 1.76 bits per heavy atom. The summed E-state index contributed by atoms with van der Waals surface area (Å²) >= 11 is 0. The molecule has 0 aliphatic heterocycles. The van der Waals surface area contributed by atoms with Crippen LogP contribution in [0.2, 0.25) is 0 Å². The summed E-state index contributed by atoms with van der Waals surface area (Å²) in [4.78, 5) is 4.21. The molecule has 1 aromatic heterocycles. The quantitative estimate of drug-likeness (QED) is 0.597. The monoisotopic (exact) mass is 219 g/mol. The van der Waals surface area contributed by atoms with Crippen LogP contribution < -0.4 is 0 Å². The van der Waals surface area contributed by atoms with Gasteiger partial charge in [0.25, 0.3) is 0 Å². The molecule has 0 N–H and O–H groups in total. The number of hydrogen-bond donors (Lipinski definition) is 0. The molecule has 0 saturated carbocycles. The number of pyridine rings is 1. The van der Waals surface area contributed by atoms with Crippen LogP contribution in [0.25, 0.3) is 21.9 Å². The summed E-state index contributed by atoms with van der Waals surface area (Å²) in [5, 5.41) is 2.57. The van der Waals surface area contributed by atoms with E-state index in [1.165, 1.54) is 27.5 Å². The van der Waals surface area contributed by atoms with E-state index in [-0.39, 0.29) is 0 Å². The van der Waals surface area contributed by atoms with Crippen LogP contribution in [0.5, 0.6) is 0 Å². The Labute approximate surface area is 101 Å². The van der Waals surface area contributed by atoms with Crippen molar-refractivity contribution in [2.45, 2.75) is 6.92 Å². The number of rotatable bonds is 1. The summed E-state index contributed by atoms with van der Waals surface area (Å²) in [5.74, 6) is 0. The van der Waals surface area contributed by atoms with E-state index >= 15 is 0 Å². The summed E-state index contributed by atoms with van der Waals surface area (Å²) < 4.78 is 0. The zero-order valence-corrected chi connectivity index (χ0v) is 9.72. The zero-order valence-electron chi connectivity index (χ0n) is 9.72. The van der Waals surface area contributed by atoms with Crippen molar-refractivity contribution in [2.75, 3.05) is 0 Å². The minimum Gasteiger partial charge on any atom is -0.264 e. The van der Waals surface area contributed by atoms with E-state index in [2.05, 4.69) is 54.4 Å². The molecule has 0 saturated heterocycles. The molecular formula is C16H13N. The van der Waals surface area contributed by atoms with Gasteiger partial charge >= 0.3 is 0 Å². The molecule has 0 fully saturated rings. The second-order valence-electron chi connectivity index (χ2n) is 4.22. The highest BCUT2D eigenvalue weighted by Crippen LogP contribution is 2.31. The molecule has 0 bridgehead atoms. The molecule has 0 spiro atoms. The van der Waals surface area contributed by atoms with E-state index in [1.807, 2.05) is 18.5 Å². The van der Waals surface area contributed by atoms with Gasteiger partial charge in [-0.05, 0) is 34.9 Å². The second kappa shape index (κ2) is 4.02. The number of hydrogen-bond acceptors (Lipinski definition) is 1.